The van der Waals surface area contributed by atoms with E-state index in [1.54, 1.807) is 0 Å². The molecule has 2 aliphatic heterocycles. The van der Waals surface area contributed by atoms with Crippen LogP contribution in [0.25, 0.3) is 0 Å². The molecule has 2 heterocycles. The summed E-state index contributed by atoms with van der Waals surface area (Å²) in [6, 6.07) is 0. The van der Waals surface area contributed by atoms with Gasteiger partial charge in [-0.1, -0.05) is 0 Å². The van der Waals surface area contributed by atoms with E-state index >= 15 is 0 Å². The van der Waals surface area contributed by atoms with E-state index in [1.165, 1.54) is 32.4 Å². The fraction of sp³-hybridized carbons (Fsp3) is 1.00. The highest BCUT2D eigenvalue weighted by Crippen LogP contribution is 2.28. The van der Waals surface area contributed by atoms with Crippen LogP contribution in [0.5, 0.6) is 0 Å². The van der Waals surface area contributed by atoms with E-state index in [0.717, 1.165) is 25.0 Å². The molecule has 0 aromatic heterocycles. The number of rotatable bonds is 0. The fourth-order valence-corrected chi connectivity index (χ4v) is 2.18. The normalized spacial score (nSPS) is 39.3. The lowest BCUT2D eigenvalue weighted by Gasteiger charge is -2.20. The summed E-state index contributed by atoms with van der Waals surface area (Å²) >= 11 is 0. The molecular weight excluding hydrogens is 138 g/mol. The van der Waals surface area contributed by atoms with E-state index < -0.39 is 0 Å². The first kappa shape index (κ1) is 7.56. The van der Waals surface area contributed by atoms with Gasteiger partial charge in [-0.05, 0) is 44.2 Å². The Kier molecular flexibility index (Phi) is 2.44. The third-order valence-electron chi connectivity index (χ3n) is 2.95. The molecule has 0 aliphatic carbocycles. The molecule has 2 atom stereocenters. The van der Waals surface area contributed by atoms with Crippen LogP contribution in [0, 0.1) is 11.8 Å². The molecular formula is C9H17NO. The Morgan fingerprint density at radius 2 is 1.82 bits per heavy atom. The van der Waals surface area contributed by atoms with Crippen LogP contribution in [0.1, 0.15) is 19.3 Å². The van der Waals surface area contributed by atoms with Gasteiger partial charge in [-0.15, -0.1) is 0 Å². The van der Waals surface area contributed by atoms with Crippen molar-refractivity contribution in [2.75, 3.05) is 26.3 Å². The molecule has 0 aromatic carbocycles. The van der Waals surface area contributed by atoms with Crippen LogP contribution < -0.4 is 5.32 Å². The molecule has 2 fully saturated rings. The van der Waals surface area contributed by atoms with Crippen LogP contribution in [-0.4, -0.2) is 26.3 Å². The van der Waals surface area contributed by atoms with Gasteiger partial charge in [0.15, 0.2) is 0 Å². The molecule has 11 heavy (non-hydrogen) atoms. The van der Waals surface area contributed by atoms with Gasteiger partial charge < -0.3 is 10.1 Å². The predicted molar refractivity (Wildman–Crippen MR) is 44.5 cm³/mol. The monoisotopic (exact) mass is 155 g/mol. The lowest BCUT2D eigenvalue weighted by Crippen LogP contribution is -2.26. The molecule has 0 amide bonds. The van der Waals surface area contributed by atoms with E-state index in [1.807, 2.05) is 0 Å². The number of hydrogen-bond acceptors (Lipinski definition) is 2. The Hall–Kier alpha value is -0.0800. The number of ether oxygens (including phenoxy) is 1. The Morgan fingerprint density at radius 1 is 1.00 bits per heavy atom. The topological polar surface area (TPSA) is 21.3 Å². The van der Waals surface area contributed by atoms with Crippen molar-refractivity contribution >= 4 is 0 Å². The maximum Gasteiger partial charge on any atom is 0.0498 e. The molecule has 2 saturated heterocycles. The van der Waals surface area contributed by atoms with Gasteiger partial charge in [0.1, 0.15) is 0 Å². The number of nitrogens with one attached hydrogen (secondary N) is 1. The molecule has 2 rings (SSSR count). The van der Waals surface area contributed by atoms with Crippen molar-refractivity contribution in [3.05, 3.63) is 0 Å². The average molecular weight is 155 g/mol. The van der Waals surface area contributed by atoms with Crippen molar-refractivity contribution in [3.63, 3.8) is 0 Å². The third kappa shape index (κ3) is 1.74. The van der Waals surface area contributed by atoms with Gasteiger partial charge in [-0.3, -0.25) is 0 Å². The zero-order valence-corrected chi connectivity index (χ0v) is 7.01. The molecule has 2 aliphatic rings. The molecule has 0 saturated carbocycles. The van der Waals surface area contributed by atoms with Gasteiger partial charge in [0.25, 0.3) is 0 Å². The van der Waals surface area contributed by atoms with Crippen LogP contribution in [0.2, 0.25) is 0 Å². The van der Waals surface area contributed by atoms with Crippen molar-refractivity contribution in [1.82, 2.24) is 5.32 Å². The van der Waals surface area contributed by atoms with Crippen molar-refractivity contribution in [1.29, 1.82) is 0 Å². The Balaban J connectivity index is 1.89. The summed E-state index contributed by atoms with van der Waals surface area (Å²) in [5, 5.41) is 3.44. The lowest BCUT2D eigenvalue weighted by molar-refractivity contribution is 0.179. The summed E-state index contributed by atoms with van der Waals surface area (Å²) in [5.41, 5.74) is 0. The minimum absolute atomic E-state index is 0.864. The quantitative estimate of drug-likeness (QED) is 0.564. The van der Waals surface area contributed by atoms with E-state index in [9.17, 15) is 0 Å². The molecule has 1 unspecified atom stereocenters. The molecule has 2 heteroatoms. The largest absolute Gasteiger partial charge is 0.381 e. The Morgan fingerprint density at radius 3 is 2.73 bits per heavy atom. The van der Waals surface area contributed by atoms with Gasteiger partial charge in [0.05, 0.1) is 0 Å². The van der Waals surface area contributed by atoms with Crippen LogP contribution in [-0.2, 0) is 4.74 Å². The van der Waals surface area contributed by atoms with E-state index in [2.05, 4.69) is 5.32 Å². The van der Waals surface area contributed by atoms with Crippen LogP contribution in [0.3, 0.4) is 0 Å². The zero-order valence-electron chi connectivity index (χ0n) is 7.01. The van der Waals surface area contributed by atoms with Crippen LogP contribution in [0.4, 0.5) is 0 Å². The minimum atomic E-state index is 0.864. The first-order valence-corrected chi connectivity index (χ1v) is 4.75. The number of hydrogen-bond donors (Lipinski definition) is 1. The van der Waals surface area contributed by atoms with Crippen molar-refractivity contribution in [2.45, 2.75) is 19.3 Å². The summed E-state index contributed by atoms with van der Waals surface area (Å²) in [7, 11) is 0. The molecule has 1 N–H and O–H groups in total. The summed E-state index contributed by atoms with van der Waals surface area (Å²) in [4.78, 5) is 0. The smallest absolute Gasteiger partial charge is 0.0498 e. The third-order valence-corrected chi connectivity index (χ3v) is 2.95. The van der Waals surface area contributed by atoms with Gasteiger partial charge in [0, 0.05) is 13.2 Å². The lowest BCUT2D eigenvalue weighted by atomic mass is 9.88. The first-order valence-electron chi connectivity index (χ1n) is 4.75. The van der Waals surface area contributed by atoms with Crippen molar-refractivity contribution in [2.24, 2.45) is 11.8 Å². The Bertz CT molecular complexity index is 113. The maximum absolute atomic E-state index is 5.47. The molecule has 0 bridgehead atoms. The van der Waals surface area contributed by atoms with E-state index in [4.69, 9.17) is 4.74 Å². The SMILES string of the molecule is C1CNCCC2COC[C@@H]2C1. The maximum atomic E-state index is 5.47. The highest BCUT2D eigenvalue weighted by atomic mass is 16.5. The fourth-order valence-electron chi connectivity index (χ4n) is 2.18. The molecule has 64 valence electrons. The van der Waals surface area contributed by atoms with Crippen molar-refractivity contribution < 1.29 is 4.74 Å². The number of fused-ring (bicyclic) bond motifs is 1. The second kappa shape index (κ2) is 3.55. The van der Waals surface area contributed by atoms with Gasteiger partial charge >= 0.3 is 0 Å². The predicted octanol–water partition coefficient (Wildman–Crippen LogP) is 1.02. The molecule has 0 aromatic rings. The first-order chi connectivity index (χ1) is 5.47. The van der Waals surface area contributed by atoms with E-state index in [-0.39, 0.29) is 0 Å². The van der Waals surface area contributed by atoms with Gasteiger partial charge in [0.2, 0.25) is 0 Å². The van der Waals surface area contributed by atoms with Crippen LogP contribution >= 0.6 is 0 Å². The zero-order chi connectivity index (χ0) is 7.52. The molecule has 2 nitrogen and oxygen atoms in total. The highest BCUT2D eigenvalue weighted by molar-refractivity contribution is 4.77. The average Bonchev–Trinajstić information content (AvgIpc) is 2.35. The summed E-state index contributed by atoms with van der Waals surface area (Å²) in [6.07, 6.45) is 4.03. The van der Waals surface area contributed by atoms with Crippen molar-refractivity contribution in [3.8, 4) is 0 Å². The standard InChI is InChI=1S/C9H17NO/c1-2-8-6-11-7-9(8)3-5-10-4-1/h8-10H,1-7H2/t8-,9?/m0/s1. The van der Waals surface area contributed by atoms with Gasteiger partial charge in [-0.25, -0.2) is 0 Å². The summed E-state index contributed by atoms with van der Waals surface area (Å²) < 4.78 is 5.47. The van der Waals surface area contributed by atoms with Crippen LogP contribution in [0.15, 0.2) is 0 Å². The Labute approximate surface area is 68.3 Å². The molecule has 0 radical (unpaired) electrons. The summed E-state index contributed by atoms with van der Waals surface area (Å²) in [6.45, 7) is 4.46. The second-order valence-corrected chi connectivity index (χ2v) is 3.74. The summed E-state index contributed by atoms with van der Waals surface area (Å²) in [5.74, 6) is 1.75. The van der Waals surface area contributed by atoms with Gasteiger partial charge in [-0.2, -0.15) is 0 Å². The highest BCUT2D eigenvalue weighted by Gasteiger charge is 2.27. The molecule has 0 spiro atoms. The minimum Gasteiger partial charge on any atom is -0.381 e. The second-order valence-electron chi connectivity index (χ2n) is 3.74. The van der Waals surface area contributed by atoms with E-state index in [0.29, 0.717) is 0 Å².